The van der Waals surface area contributed by atoms with Gasteiger partial charge in [-0.2, -0.15) is 0 Å². The molecule has 0 spiro atoms. The molecule has 0 aliphatic carbocycles. The summed E-state index contributed by atoms with van der Waals surface area (Å²) >= 11 is 0. The van der Waals surface area contributed by atoms with Gasteiger partial charge in [0.25, 0.3) is 0 Å². The summed E-state index contributed by atoms with van der Waals surface area (Å²) < 4.78 is 73.1. The van der Waals surface area contributed by atoms with Crippen molar-refractivity contribution in [3.05, 3.63) is 0 Å². The molecule has 13 heteroatoms. The van der Waals surface area contributed by atoms with Gasteiger partial charge in [-0.05, 0) is 78.6 Å². The molecule has 278 valence electrons. The second kappa shape index (κ2) is 29.8. The van der Waals surface area contributed by atoms with Crippen LogP contribution in [0.15, 0.2) is 0 Å². The summed E-state index contributed by atoms with van der Waals surface area (Å²) in [5, 5.41) is 0. The summed E-state index contributed by atoms with van der Waals surface area (Å²) in [7, 11) is -2.03. The van der Waals surface area contributed by atoms with Gasteiger partial charge in [0, 0.05) is 19.8 Å². The van der Waals surface area contributed by atoms with E-state index < -0.39 is 46.3 Å². The molecule has 0 aliphatic rings. The average molecular weight is 689 g/mol. The van der Waals surface area contributed by atoms with Gasteiger partial charge in [-0.1, -0.05) is 62.3 Å². The van der Waals surface area contributed by atoms with Crippen LogP contribution in [-0.4, -0.2) is 76.4 Å². The third-order valence-corrected chi connectivity index (χ3v) is 7.71. The maximum absolute atomic E-state index is 6.37. The van der Waals surface area contributed by atoms with E-state index in [1.165, 1.54) is 0 Å². The van der Waals surface area contributed by atoms with Crippen LogP contribution in [0, 0.1) is 0 Å². The number of ether oxygens (including phenoxy) is 9. The standard InChI is InChI=1S/C33H69O12P/c1-13-25(34-22-10)37-28(16-4)40-31(19-7)43-46(44-32(20-8)41-29(17-5)38-26(14-2)35-23-11)45-33(21-9)42-30(18-6)39-27(15-3)36-24-12/h25-33H,13-24H2,1-12H3. The smallest absolute Gasteiger partial charge is 0.339 e. The summed E-state index contributed by atoms with van der Waals surface area (Å²) in [6.07, 6.45) is 0.646. The van der Waals surface area contributed by atoms with Crippen molar-refractivity contribution in [2.75, 3.05) is 19.8 Å². The lowest BCUT2D eigenvalue weighted by Gasteiger charge is -2.33. The lowest BCUT2D eigenvalue weighted by molar-refractivity contribution is -0.296. The Bertz CT molecular complexity index is 581. The van der Waals surface area contributed by atoms with Crippen LogP contribution in [0.1, 0.15) is 141 Å². The number of rotatable bonds is 33. The molecule has 0 aromatic rings. The summed E-state index contributed by atoms with van der Waals surface area (Å²) in [5.41, 5.74) is 0. The second-order valence-electron chi connectivity index (χ2n) is 10.3. The summed E-state index contributed by atoms with van der Waals surface area (Å²) in [4.78, 5) is 0. The number of hydrogen-bond acceptors (Lipinski definition) is 12. The van der Waals surface area contributed by atoms with Crippen LogP contribution in [0.5, 0.6) is 0 Å². The van der Waals surface area contributed by atoms with E-state index in [9.17, 15) is 0 Å². The number of hydrogen-bond donors (Lipinski definition) is 0. The minimum absolute atomic E-state index is 0.374. The van der Waals surface area contributed by atoms with Crippen molar-refractivity contribution < 1.29 is 56.2 Å². The van der Waals surface area contributed by atoms with Crippen LogP contribution in [-0.2, 0) is 56.2 Å². The maximum Gasteiger partial charge on any atom is 0.339 e. The third kappa shape index (κ3) is 20.5. The van der Waals surface area contributed by atoms with Gasteiger partial charge in [0.1, 0.15) is 0 Å². The zero-order chi connectivity index (χ0) is 34.7. The van der Waals surface area contributed by atoms with Crippen LogP contribution in [0.3, 0.4) is 0 Å². The molecule has 0 aliphatic heterocycles. The van der Waals surface area contributed by atoms with Crippen LogP contribution < -0.4 is 0 Å². The molecule has 0 fully saturated rings. The topological polar surface area (TPSA) is 111 Å². The molecule has 0 amide bonds. The van der Waals surface area contributed by atoms with Crippen molar-refractivity contribution in [3.8, 4) is 0 Å². The zero-order valence-corrected chi connectivity index (χ0v) is 31.9. The van der Waals surface area contributed by atoms with Gasteiger partial charge in [-0.3, -0.25) is 13.6 Å². The van der Waals surface area contributed by atoms with E-state index in [1.54, 1.807) is 0 Å². The highest BCUT2D eigenvalue weighted by Crippen LogP contribution is 2.46. The molecule has 46 heavy (non-hydrogen) atoms. The lowest BCUT2D eigenvalue weighted by Crippen LogP contribution is -2.33. The van der Waals surface area contributed by atoms with Crippen molar-refractivity contribution >= 4 is 8.60 Å². The summed E-state index contributed by atoms with van der Waals surface area (Å²) in [6.45, 7) is 25.3. The molecule has 0 heterocycles. The molecule has 9 atom stereocenters. The Morgan fingerprint density at radius 3 is 0.652 bits per heavy atom. The quantitative estimate of drug-likeness (QED) is 0.0484. The molecule has 0 bridgehead atoms. The highest BCUT2D eigenvalue weighted by atomic mass is 31.2. The van der Waals surface area contributed by atoms with Gasteiger partial charge in [-0.25, -0.2) is 0 Å². The molecule has 9 unspecified atom stereocenters. The SMILES string of the molecule is CCOC(CC)OC(CC)OC(CC)OP(OC(CC)OC(CC)OC(CC)OCC)OC(CC)OC(CC)OC(CC)OCC. The second-order valence-corrected chi connectivity index (χ2v) is 11.3. The van der Waals surface area contributed by atoms with Crippen LogP contribution in [0.4, 0.5) is 0 Å². The highest BCUT2D eigenvalue weighted by molar-refractivity contribution is 7.41. The average Bonchev–Trinajstić information content (AvgIpc) is 3.07. The molecular formula is C33H69O12P. The van der Waals surface area contributed by atoms with Gasteiger partial charge < -0.3 is 42.6 Å². The van der Waals surface area contributed by atoms with Gasteiger partial charge in [0.05, 0.1) is 0 Å². The van der Waals surface area contributed by atoms with E-state index in [1.807, 2.05) is 83.1 Å². The largest absolute Gasteiger partial charge is 0.353 e. The first-order chi connectivity index (χ1) is 22.2. The van der Waals surface area contributed by atoms with Gasteiger partial charge in [0.15, 0.2) is 56.6 Å². The predicted molar refractivity (Wildman–Crippen MR) is 178 cm³/mol. The lowest BCUT2D eigenvalue weighted by atomic mass is 10.4. The first-order valence-corrected chi connectivity index (χ1v) is 18.9. The third-order valence-electron chi connectivity index (χ3n) is 6.49. The maximum atomic E-state index is 6.37. The monoisotopic (exact) mass is 688 g/mol. The van der Waals surface area contributed by atoms with Crippen molar-refractivity contribution in [1.29, 1.82) is 0 Å². The molecule has 0 aromatic carbocycles. The zero-order valence-electron chi connectivity index (χ0n) is 31.0. The minimum atomic E-state index is -2.03. The molecule has 0 N–H and O–H groups in total. The van der Waals surface area contributed by atoms with Gasteiger partial charge >= 0.3 is 8.60 Å². The van der Waals surface area contributed by atoms with Crippen LogP contribution >= 0.6 is 8.60 Å². The minimum Gasteiger partial charge on any atom is -0.353 e. The Kier molecular flexibility index (Phi) is 29.8. The Hall–Kier alpha value is -0.0500. The highest BCUT2D eigenvalue weighted by Gasteiger charge is 2.31. The van der Waals surface area contributed by atoms with E-state index in [4.69, 9.17) is 56.2 Å². The molecule has 0 radical (unpaired) electrons. The molecular weight excluding hydrogens is 619 g/mol. The van der Waals surface area contributed by atoms with Gasteiger partial charge in [0.2, 0.25) is 0 Å². The van der Waals surface area contributed by atoms with Crippen LogP contribution in [0.25, 0.3) is 0 Å². The first-order valence-electron chi connectivity index (χ1n) is 17.8. The molecule has 0 rings (SSSR count). The molecule has 0 saturated carbocycles. The van der Waals surface area contributed by atoms with Gasteiger partial charge in [-0.15, -0.1) is 0 Å². The van der Waals surface area contributed by atoms with Crippen molar-refractivity contribution in [1.82, 2.24) is 0 Å². The molecule has 0 aromatic heterocycles. The normalized spacial score (nSPS) is 18.8. The Morgan fingerprint density at radius 1 is 0.283 bits per heavy atom. The van der Waals surface area contributed by atoms with Crippen molar-refractivity contribution in [2.45, 2.75) is 197 Å². The van der Waals surface area contributed by atoms with Crippen LogP contribution in [0.2, 0.25) is 0 Å². The molecule has 0 saturated heterocycles. The fraction of sp³-hybridized carbons (Fsp3) is 1.00. The predicted octanol–water partition coefficient (Wildman–Crippen LogP) is 9.10. The fourth-order valence-corrected chi connectivity index (χ4v) is 5.28. The summed E-state index contributed by atoms with van der Waals surface area (Å²) in [6, 6.07) is 0. The van der Waals surface area contributed by atoms with Crippen molar-refractivity contribution in [3.63, 3.8) is 0 Å². The van der Waals surface area contributed by atoms with Crippen molar-refractivity contribution in [2.24, 2.45) is 0 Å². The first kappa shape index (κ1) is 46.0. The Labute approximate surface area is 282 Å². The Morgan fingerprint density at radius 2 is 0.478 bits per heavy atom. The van der Waals surface area contributed by atoms with E-state index in [0.717, 1.165) is 0 Å². The summed E-state index contributed by atoms with van der Waals surface area (Å²) in [5.74, 6) is 0. The van der Waals surface area contributed by atoms with E-state index in [2.05, 4.69) is 0 Å². The van der Waals surface area contributed by atoms with E-state index >= 15 is 0 Å². The fourth-order valence-electron chi connectivity index (χ4n) is 3.96. The Balaban J connectivity index is 5.96. The van der Waals surface area contributed by atoms with E-state index in [-0.39, 0.29) is 18.9 Å². The molecule has 12 nitrogen and oxygen atoms in total. The van der Waals surface area contributed by atoms with E-state index in [0.29, 0.717) is 77.6 Å².